The number of rotatable bonds is 13. The summed E-state index contributed by atoms with van der Waals surface area (Å²) in [5.74, 6) is -1.25. The van der Waals surface area contributed by atoms with E-state index in [9.17, 15) is 14.4 Å². The number of carbonyl (C=O) groups is 3. The number of aryl methyl sites for hydroxylation is 1. The first-order valence-corrected chi connectivity index (χ1v) is 10.9. The van der Waals surface area contributed by atoms with Crippen LogP contribution in [-0.4, -0.2) is 43.1 Å². The van der Waals surface area contributed by atoms with Crippen molar-refractivity contribution in [2.45, 2.75) is 32.1 Å². The van der Waals surface area contributed by atoms with Crippen LogP contribution >= 0.6 is 0 Å². The number of nitrogens with two attached hydrogens (primary N) is 1. The van der Waals surface area contributed by atoms with Crippen LogP contribution in [0.2, 0.25) is 0 Å². The lowest BCUT2D eigenvalue weighted by Gasteiger charge is -2.16. The van der Waals surface area contributed by atoms with Crippen molar-refractivity contribution in [2.24, 2.45) is 5.92 Å². The molecule has 0 aliphatic carbocycles. The van der Waals surface area contributed by atoms with Crippen molar-refractivity contribution < 1.29 is 24.3 Å². The van der Waals surface area contributed by atoms with E-state index in [0.717, 1.165) is 23.3 Å². The molecule has 0 aliphatic heterocycles. The van der Waals surface area contributed by atoms with Gasteiger partial charge in [0.2, 0.25) is 17.7 Å². The molecule has 0 bridgehead atoms. The Hall–Kier alpha value is -3.59. The molecule has 0 fully saturated rings. The Morgan fingerprint density at radius 2 is 1.58 bits per heavy atom. The van der Waals surface area contributed by atoms with Crippen molar-refractivity contribution in [3.63, 3.8) is 0 Å². The summed E-state index contributed by atoms with van der Waals surface area (Å²) in [6.45, 7) is 0.243. The monoisotopic (exact) mass is 456 g/mol. The van der Waals surface area contributed by atoms with Crippen LogP contribution in [0.3, 0.4) is 0 Å². The van der Waals surface area contributed by atoms with E-state index in [0.29, 0.717) is 31.5 Å². The van der Waals surface area contributed by atoms with Crippen molar-refractivity contribution in [1.82, 2.24) is 16.1 Å². The van der Waals surface area contributed by atoms with Crippen LogP contribution in [0.25, 0.3) is 0 Å². The van der Waals surface area contributed by atoms with Crippen LogP contribution in [0.5, 0.6) is 5.75 Å². The highest BCUT2D eigenvalue weighted by atomic mass is 16.5. The third-order valence-corrected chi connectivity index (χ3v) is 5.24. The summed E-state index contributed by atoms with van der Waals surface area (Å²) >= 11 is 0. The van der Waals surface area contributed by atoms with E-state index in [1.807, 2.05) is 36.4 Å². The Morgan fingerprint density at radius 1 is 0.939 bits per heavy atom. The lowest BCUT2D eigenvalue weighted by molar-refractivity contribution is -0.135. The highest BCUT2D eigenvalue weighted by Gasteiger charge is 2.22. The van der Waals surface area contributed by atoms with E-state index in [1.165, 1.54) is 0 Å². The van der Waals surface area contributed by atoms with Gasteiger partial charge in [0, 0.05) is 24.6 Å². The summed E-state index contributed by atoms with van der Waals surface area (Å²) in [6.07, 6.45) is 2.30. The van der Waals surface area contributed by atoms with E-state index < -0.39 is 17.7 Å². The fourth-order valence-electron chi connectivity index (χ4n) is 3.34. The van der Waals surface area contributed by atoms with E-state index in [1.54, 1.807) is 24.7 Å². The Morgan fingerprint density at radius 3 is 2.21 bits per heavy atom. The molecule has 0 saturated heterocycles. The fraction of sp³-hybridized carbons (Fsp3) is 0.375. The topological polar surface area (TPSA) is 143 Å². The maximum Gasteiger partial charge on any atom is 0.244 e. The van der Waals surface area contributed by atoms with Gasteiger partial charge >= 0.3 is 0 Å². The maximum atomic E-state index is 12.6. The molecule has 2 aromatic rings. The first kappa shape index (κ1) is 25.7. The second-order valence-corrected chi connectivity index (χ2v) is 7.74. The predicted molar refractivity (Wildman–Crippen MR) is 125 cm³/mol. The minimum atomic E-state index is -0.655. The number of hydrogen-bond acceptors (Lipinski definition) is 6. The fourth-order valence-corrected chi connectivity index (χ4v) is 3.34. The van der Waals surface area contributed by atoms with Crippen molar-refractivity contribution in [3.8, 4) is 5.75 Å². The zero-order valence-corrected chi connectivity index (χ0v) is 18.8. The molecule has 1 atom stereocenters. The number of methoxy groups -OCH3 is 1. The molecule has 33 heavy (non-hydrogen) atoms. The molecule has 0 saturated carbocycles. The van der Waals surface area contributed by atoms with Crippen LogP contribution in [0.15, 0.2) is 48.5 Å². The smallest absolute Gasteiger partial charge is 0.244 e. The molecule has 9 nitrogen and oxygen atoms in total. The summed E-state index contributed by atoms with van der Waals surface area (Å²) in [5.41, 5.74) is 10.0. The molecular weight excluding hydrogens is 424 g/mol. The third kappa shape index (κ3) is 9.61. The standard InChI is InChI=1S/C24H32N4O5/c1-33-21-11-7-17(8-12-21)3-2-4-19(15-22(29)28-32)24(31)27-16-23(30)26-14-13-18-5-9-20(25)10-6-18/h5-12,19,32H,2-4,13-16,25H2,1H3,(H,26,30)(H,27,31)(H,28,29)/t19-/m1/s1. The molecule has 0 aliphatic rings. The number of ether oxygens (including phenoxy) is 1. The van der Waals surface area contributed by atoms with Crippen LogP contribution < -0.4 is 26.6 Å². The van der Waals surface area contributed by atoms with E-state index in [-0.39, 0.29) is 18.9 Å². The molecule has 9 heteroatoms. The molecule has 3 amide bonds. The van der Waals surface area contributed by atoms with Crippen LogP contribution in [-0.2, 0) is 27.2 Å². The highest BCUT2D eigenvalue weighted by molar-refractivity contribution is 5.88. The summed E-state index contributed by atoms with van der Waals surface area (Å²) in [7, 11) is 1.60. The number of nitrogens with one attached hydrogen (secondary N) is 3. The maximum absolute atomic E-state index is 12.6. The molecule has 178 valence electrons. The second-order valence-electron chi connectivity index (χ2n) is 7.74. The number of amides is 3. The lowest BCUT2D eigenvalue weighted by atomic mass is 9.95. The van der Waals surface area contributed by atoms with Gasteiger partial charge < -0.3 is 21.1 Å². The summed E-state index contributed by atoms with van der Waals surface area (Å²) in [5, 5.41) is 14.2. The van der Waals surface area contributed by atoms with E-state index >= 15 is 0 Å². The Labute approximate surface area is 193 Å². The molecule has 0 radical (unpaired) electrons. The Kier molecular flexibility index (Phi) is 10.7. The quantitative estimate of drug-likeness (QED) is 0.176. The van der Waals surface area contributed by atoms with Gasteiger partial charge in [-0.25, -0.2) is 5.48 Å². The second kappa shape index (κ2) is 13.7. The minimum absolute atomic E-state index is 0.163. The van der Waals surface area contributed by atoms with E-state index in [4.69, 9.17) is 15.7 Å². The Bertz CT molecular complexity index is 900. The van der Waals surface area contributed by atoms with Gasteiger partial charge in [-0.15, -0.1) is 0 Å². The van der Waals surface area contributed by atoms with Gasteiger partial charge in [0.1, 0.15) is 5.75 Å². The number of hydroxylamine groups is 1. The number of anilines is 1. The molecule has 2 rings (SSSR count). The molecule has 0 unspecified atom stereocenters. The van der Waals surface area contributed by atoms with Crippen molar-refractivity contribution >= 4 is 23.4 Å². The van der Waals surface area contributed by atoms with Crippen molar-refractivity contribution in [2.75, 3.05) is 25.9 Å². The van der Waals surface area contributed by atoms with Crippen molar-refractivity contribution in [1.29, 1.82) is 0 Å². The first-order valence-electron chi connectivity index (χ1n) is 10.9. The van der Waals surface area contributed by atoms with Crippen LogP contribution in [0.4, 0.5) is 5.69 Å². The predicted octanol–water partition coefficient (Wildman–Crippen LogP) is 1.59. The largest absolute Gasteiger partial charge is 0.497 e. The van der Waals surface area contributed by atoms with E-state index in [2.05, 4.69) is 10.6 Å². The van der Waals surface area contributed by atoms with Gasteiger partial charge in [0.25, 0.3) is 0 Å². The summed E-state index contributed by atoms with van der Waals surface area (Å²) in [4.78, 5) is 36.3. The van der Waals surface area contributed by atoms with Crippen molar-refractivity contribution in [3.05, 3.63) is 59.7 Å². The minimum Gasteiger partial charge on any atom is -0.497 e. The molecule has 6 N–H and O–H groups in total. The number of carbonyl (C=O) groups excluding carboxylic acids is 3. The highest BCUT2D eigenvalue weighted by Crippen LogP contribution is 2.17. The average Bonchev–Trinajstić information content (AvgIpc) is 2.83. The van der Waals surface area contributed by atoms with Gasteiger partial charge in [-0.1, -0.05) is 24.3 Å². The molecule has 0 aromatic heterocycles. The van der Waals surface area contributed by atoms with Crippen LogP contribution in [0, 0.1) is 5.92 Å². The van der Waals surface area contributed by atoms with Gasteiger partial charge in [-0.05, 0) is 61.1 Å². The Balaban J connectivity index is 1.76. The molecule has 0 spiro atoms. The lowest BCUT2D eigenvalue weighted by Crippen LogP contribution is -2.41. The number of benzene rings is 2. The zero-order valence-electron chi connectivity index (χ0n) is 18.8. The zero-order chi connectivity index (χ0) is 24.1. The van der Waals surface area contributed by atoms with Gasteiger partial charge in [-0.2, -0.15) is 0 Å². The SMILES string of the molecule is COc1ccc(CCC[C@H](CC(=O)NO)C(=O)NCC(=O)NCCc2ccc(N)cc2)cc1. The number of nitrogen functional groups attached to an aromatic ring is 1. The average molecular weight is 457 g/mol. The summed E-state index contributed by atoms with van der Waals surface area (Å²) in [6, 6.07) is 15.0. The molecular formula is C24H32N4O5. The third-order valence-electron chi connectivity index (χ3n) is 5.24. The number of hydrogen-bond donors (Lipinski definition) is 5. The first-order chi connectivity index (χ1) is 15.9. The van der Waals surface area contributed by atoms with Gasteiger partial charge in [0.15, 0.2) is 0 Å². The van der Waals surface area contributed by atoms with Gasteiger partial charge in [-0.3, -0.25) is 19.6 Å². The van der Waals surface area contributed by atoms with Crippen LogP contribution in [0.1, 0.15) is 30.4 Å². The normalized spacial score (nSPS) is 11.3. The van der Waals surface area contributed by atoms with Gasteiger partial charge in [0.05, 0.1) is 13.7 Å². The molecule has 0 heterocycles. The summed E-state index contributed by atoms with van der Waals surface area (Å²) < 4.78 is 5.14. The molecule has 2 aromatic carbocycles.